The molecule has 1 aromatic carbocycles. The maximum atomic E-state index is 11.7. The van der Waals surface area contributed by atoms with Gasteiger partial charge in [0.2, 0.25) is 6.10 Å². The normalized spacial score (nSPS) is 13.4. The van der Waals surface area contributed by atoms with E-state index in [2.05, 4.69) is 0 Å². The molecule has 0 aliphatic heterocycles. The standard InChI is InChI=1S/C13H14O5/c1-8(9(2)14)11(12(15)16)18-13(17)10-6-4-3-5-7-10/h3-8,11H,1-2H3,(H,15,16)/t8-,11+/m1/s1. The number of Topliss-reactive ketones (excluding diaryl/α,β-unsaturated/α-hetero) is 1. The Morgan fingerprint density at radius 2 is 1.72 bits per heavy atom. The summed E-state index contributed by atoms with van der Waals surface area (Å²) in [6.07, 6.45) is -1.46. The molecule has 96 valence electrons. The highest BCUT2D eigenvalue weighted by Crippen LogP contribution is 2.12. The fourth-order valence-electron chi connectivity index (χ4n) is 1.34. The van der Waals surface area contributed by atoms with Crippen LogP contribution in [-0.4, -0.2) is 28.9 Å². The first-order chi connectivity index (χ1) is 8.43. The van der Waals surface area contributed by atoms with Crippen molar-refractivity contribution in [3.63, 3.8) is 0 Å². The van der Waals surface area contributed by atoms with Crippen LogP contribution >= 0.6 is 0 Å². The minimum absolute atomic E-state index is 0.250. The van der Waals surface area contributed by atoms with E-state index < -0.39 is 24.0 Å². The molecule has 0 radical (unpaired) electrons. The van der Waals surface area contributed by atoms with E-state index in [-0.39, 0.29) is 11.3 Å². The third-order valence-electron chi connectivity index (χ3n) is 2.58. The molecular formula is C13H14O5. The molecule has 0 unspecified atom stereocenters. The number of ether oxygens (including phenoxy) is 1. The largest absolute Gasteiger partial charge is 0.478 e. The Kier molecular flexibility index (Phi) is 4.59. The summed E-state index contributed by atoms with van der Waals surface area (Å²) < 4.78 is 4.86. The van der Waals surface area contributed by atoms with Gasteiger partial charge in [-0.3, -0.25) is 4.79 Å². The lowest BCUT2D eigenvalue weighted by Gasteiger charge is -2.18. The van der Waals surface area contributed by atoms with Crippen LogP contribution < -0.4 is 0 Å². The number of carboxylic acid groups (broad SMARTS) is 1. The minimum Gasteiger partial charge on any atom is -0.478 e. The molecule has 1 aromatic rings. The number of rotatable bonds is 5. The van der Waals surface area contributed by atoms with Gasteiger partial charge in [-0.2, -0.15) is 0 Å². The van der Waals surface area contributed by atoms with Crippen LogP contribution in [0.3, 0.4) is 0 Å². The van der Waals surface area contributed by atoms with Gasteiger partial charge in [0, 0.05) is 0 Å². The van der Waals surface area contributed by atoms with Gasteiger partial charge in [-0.1, -0.05) is 25.1 Å². The number of carbonyl (C=O) groups is 3. The Hall–Kier alpha value is -2.17. The molecule has 0 saturated carbocycles. The van der Waals surface area contributed by atoms with Crippen molar-refractivity contribution in [1.82, 2.24) is 0 Å². The van der Waals surface area contributed by atoms with E-state index in [9.17, 15) is 14.4 Å². The Balaban J connectivity index is 2.83. The van der Waals surface area contributed by atoms with E-state index in [1.807, 2.05) is 0 Å². The van der Waals surface area contributed by atoms with Crippen LogP contribution in [0.25, 0.3) is 0 Å². The number of ketones is 1. The molecule has 5 nitrogen and oxygen atoms in total. The van der Waals surface area contributed by atoms with E-state index in [1.165, 1.54) is 26.0 Å². The summed E-state index contributed by atoms with van der Waals surface area (Å²) in [7, 11) is 0. The van der Waals surface area contributed by atoms with Crippen LogP contribution in [-0.2, 0) is 14.3 Å². The van der Waals surface area contributed by atoms with Gasteiger partial charge in [0.1, 0.15) is 5.78 Å². The fourth-order valence-corrected chi connectivity index (χ4v) is 1.34. The van der Waals surface area contributed by atoms with Gasteiger partial charge < -0.3 is 9.84 Å². The summed E-state index contributed by atoms with van der Waals surface area (Å²) in [5.74, 6) is -3.31. The quantitative estimate of drug-likeness (QED) is 0.801. The van der Waals surface area contributed by atoms with Gasteiger partial charge in [-0.15, -0.1) is 0 Å². The monoisotopic (exact) mass is 250 g/mol. The molecule has 0 aromatic heterocycles. The first-order valence-electron chi connectivity index (χ1n) is 5.42. The fraction of sp³-hybridized carbons (Fsp3) is 0.308. The van der Waals surface area contributed by atoms with E-state index >= 15 is 0 Å². The number of carbonyl (C=O) groups excluding carboxylic acids is 2. The van der Waals surface area contributed by atoms with E-state index in [4.69, 9.17) is 9.84 Å². The smallest absolute Gasteiger partial charge is 0.345 e. The predicted octanol–water partition coefficient (Wildman–Crippen LogP) is 1.52. The second-order valence-corrected chi connectivity index (χ2v) is 3.93. The van der Waals surface area contributed by atoms with Crippen molar-refractivity contribution < 1.29 is 24.2 Å². The van der Waals surface area contributed by atoms with E-state index in [0.717, 1.165) is 0 Å². The molecule has 0 bridgehead atoms. The highest BCUT2D eigenvalue weighted by molar-refractivity contribution is 5.93. The number of benzene rings is 1. The van der Waals surface area contributed by atoms with Gasteiger partial charge in [-0.25, -0.2) is 9.59 Å². The molecule has 0 amide bonds. The second kappa shape index (κ2) is 5.95. The number of hydrogen-bond donors (Lipinski definition) is 1. The van der Waals surface area contributed by atoms with Crippen LogP contribution in [0.4, 0.5) is 0 Å². The Bertz CT molecular complexity index is 452. The van der Waals surface area contributed by atoms with Gasteiger partial charge in [0.15, 0.2) is 0 Å². The molecule has 0 spiro atoms. The zero-order valence-corrected chi connectivity index (χ0v) is 10.1. The lowest BCUT2D eigenvalue weighted by molar-refractivity contribution is -0.152. The summed E-state index contributed by atoms with van der Waals surface area (Å²) in [5.41, 5.74) is 0.250. The van der Waals surface area contributed by atoms with Gasteiger partial charge in [-0.05, 0) is 19.1 Å². The predicted molar refractivity (Wildman–Crippen MR) is 63.1 cm³/mol. The maximum Gasteiger partial charge on any atom is 0.345 e. The topological polar surface area (TPSA) is 80.7 Å². The molecule has 1 rings (SSSR count). The van der Waals surface area contributed by atoms with E-state index in [0.29, 0.717) is 0 Å². The van der Waals surface area contributed by atoms with E-state index in [1.54, 1.807) is 18.2 Å². The summed E-state index contributed by atoms with van der Waals surface area (Å²) in [6, 6.07) is 8.03. The van der Waals surface area contributed by atoms with Gasteiger partial charge >= 0.3 is 11.9 Å². The molecule has 0 heterocycles. The van der Waals surface area contributed by atoms with Crippen molar-refractivity contribution in [3.05, 3.63) is 35.9 Å². The van der Waals surface area contributed by atoms with Crippen molar-refractivity contribution in [1.29, 1.82) is 0 Å². The number of esters is 1. The third kappa shape index (κ3) is 3.41. The minimum atomic E-state index is -1.46. The average molecular weight is 250 g/mol. The molecule has 18 heavy (non-hydrogen) atoms. The van der Waals surface area contributed by atoms with Crippen molar-refractivity contribution in [2.45, 2.75) is 20.0 Å². The van der Waals surface area contributed by atoms with Crippen LogP contribution in [0, 0.1) is 5.92 Å². The Morgan fingerprint density at radius 3 is 2.17 bits per heavy atom. The molecule has 5 heteroatoms. The molecule has 0 aliphatic carbocycles. The zero-order chi connectivity index (χ0) is 13.7. The lowest BCUT2D eigenvalue weighted by atomic mass is 10.0. The molecule has 0 fully saturated rings. The van der Waals surface area contributed by atoms with Crippen LogP contribution in [0.1, 0.15) is 24.2 Å². The third-order valence-corrected chi connectivity index (χ3v) is 2.58. The molecule has 2 atom stereocenters. The van der Waals surface area contributed by atoms with Crippen LogP contribution in [0.15, 0.2) is 30.3 Å². The molecular weight excluding hydrogens is 236 g/mol. The highest BCUT2D eigenvalue weighted by Gasteiger charge is 2.31. The number of carboxylic acids is 1. The first-order valence-corrected chi connectivity index (χ1v) is 5.42. The molecule has 0 aliphatic rings. The summed E-state index contributed by atoms with van der Waals surface area (Å²) in [4.78, 5) is 33.8. The summed E-state index contributed by atoms with van der Waals surface area (Å²) in [6.45, 7) is 2.68. The first kappa shape index (κ1) is 13.9. The zero-order valence-electron chi connectivity index (χ0n) is 10.1. The van der Waals surface area contributed by atoms with Crippen LogP contribution in [0.5, 0.6) is 0 Å². The molecule has 1 N–H and O–H groups in total. The Morgan fingerprint density at radius 1 is 1.17 bits per heavy atom. The number of aliphatic carboxylic acids is 1. The highest BCUT2D eigenvalue weighted by atomic mass is 16.6. The maximum absolute atomic E-state index is 11.7. The summed E-state index contributed by atoms with van der Waals surface area (Å²) >= 11 is 0. The average Bonchev–Trinajstić information content (AvgIpc) is 2.35. The van der Waals surface area contributed by atoms with Gasteiger partial charge in [0.05, 0.1) is 11.5 Å². The van der Waals surface area contributed by atoms with Crippen molar-refractivity contribution in [2.24, 2.45) is 5.92 Å². The Labute approximate surface area is 104 Å². The van der Waals surface area contributed by atoms with Gasteiger partial charge in [0.25, 0.3) is 0 Å². The lowest BCUT2D eigenvalue weighted by Crippen LogP contribution is -2.36. The van der Waals surface area contributed by atoms with Crippen LogP contribution in [0.2, 0.25) is 0 Å². The SMILES string of the molecule is CC(=O)[C@@H](C)[C@H](OC(=O)c1ccccc1)C(=O)O. The summed E-state index contributed by atoms with van der Waals surface area (Å²) in [5, 5.41) is 8.96. The number of hydrogen-bond acceptors (Lipinski definition) is 4. The second-order valence-electron chi connectivity index (χ2n) is 3.93. The van der Waals surface area contributed by atoms with Crippen molar-refractivity contribution in [3.8, 4) is 0 Å². The van der Waals surface area contributed by atoms with Crippen molar-refractivity contribution >= 4 is 17.7 Å². The molecule has 0 saturated heterocycles. The van der Waals surface area contributed by atoms with Crippen molar-refractivity contribution in [2.75, 3.05) is 0 Å².